The predicted octanol–water partition coefficient (Wildman–Crippen LogP) is 1.33. The van der Waals surface area contributed by atoms with Crippen molar-refractivity contribution in [2.75, 3.05) is 56.8 Å². The monoisotopic (exact) mass is 431 g/mol. The zero-order chi connectivity index (χ0) is 22.4. The lowest BCUT2D eigenvalue weighted by molar-refractivity contribution is -0.146. The number of nitrogens with zero attached hydrogens (tertiary/aromatic N) is 2. The number of likely N-dealkylation sites (N-methyl/N-ethyl adjacent to an activating group) is 1. The van der Waals surface area contributed by atoms with E-state index in [1.165, 1.54) is 11.0 Å². The van der Waals surface area contributed by atoms with Crippen LogP contribution in [0.15, 0.2) is 29.8 Å². The zero-order valence-corrected chi connectivity index (χ0v) is 18.2. The predicted molar refractivity (Wildman–Crippen MR) is 115 cm³/mol. The van der Waals surface area contributed by atoms with Crippen molar-refractivity contribution in [1.29, 1.82) is 0 Å². The van der Waals surface area contributed by atoms with Crippen molar-refractivity contribution in [3.05, 3.63) is 35.4 Å². The summed E-state index contributed by atoms with van der Waals surface area (Å²) in [6.07, 6.45) is 1.28. The Morgan fingerprint density at radius 1 is 1.16 bits per heavy atom. The molecule has 0 saturated carbocycles. The number of nitrogens with one attached hydrogen (secondary N) is 1. The topological polar surface area (TPSA) is 97.4 Å². The third-order valence-corrected chi connectivity index (χ3v) is 5.17. The molecule has 1 saturated heterocycles. The molecule has 1 atom stereocenters. The highest BCUT2D eigenvalue weighted by Crippen LogP contribution is 2.32. The fourth-order valence-corrected chi connectivity index (χ4v) is 3.57. The van der Waals surface area contributed by atoms with Crippen molar-refractivity contribution >= 4 is 29.2 Å². The van der Waals surface area contributed by atoms with E-state index in [2.05, 4.69) is 10.2 Å². The van der Waals surface area contributed by atoms with Crippen molar-refractivity contribution < 1.29 is 28.6 Å². The lowest BCUT2D eigenvalue weighted by atomic mass is 10.0. The van der Waals surface area contributed by atoms with Crippen LogP contribution in [0.2, 0.25) is 0 Å². The maximum absolute atomic E-state index is 13.0. The molecule has 168 valence electrons. The average Bonchev–Trinajstić information content (AvgIpc) is 2.76. The number of morpholine rings is 1. The summed E-state index contributed by atoms with van der Waals surface area (Å²) < 4.78 is 15.3. The minimum atomic E-state index is -0.897. The second-order valence-electron chi connectivity index (χ2n) is 7.28. The first-order valence-corrected chi connectivity index (χ1v) is 10.5. The van der Waals surface area contributed by atoms with E-state index in [4.69, 9.17) is 14.2 Å². The highest BCUT2D eigenvalue weighted by atomic mass is 16.6. The van der Waals surface area contributed by atoms with Gasteiger partial charge in [-0.05, 0) is 37.6 Å². The number of esters is 2. The Labute approximate surface area is 181 Å². The quantitative estimate of drug-likeness (QED) is 0.299. The molecule has 2 aliphatic rings. The van der Waals surface area contributed by atoms with Gasteiger partial charge in [-0.2, -0.15) is 0 Å². The first kappa shape index (κ1) is 22.8. The lowest BCUT2D eigenvalue weighted by Crippen LogP contribution is -2.45. The number of carbonyl (C=O) groups is 3. The van der Waals surface area contributed by atoms with E-state index < -0.39 is 18.0 Å². The molecule has 1 unspecified atom stereocenters. The summed E-state index contributed by atoms with van der Waals surface area (Å²) in [7, 11) is 1.68. The number of amides is 1. The summed E-state index contributed by atoms with van der Waals surface area (Å²) in [4.78, 5) is 41.3. The van der Waals surface area contributed by atoms with Crippen LogP contribution >= 0.6 is 0 Å². The fourth-order valence-electron chi connectivity index (χ4n) is 3.57. The Balaban J connectivity index is 1.83. The normalized spacial score (nSPS) is 18.6. The summed E-state index contributed by atoms with van der Waals surface area (Å²) >= 11 is 0. The molecule has 1 aromatic rings. The fraction of sp³-hybridized carbons (Fsp3) is 0.500. The molecular formula is C22H29N3O6. The van der Waals surface area contributed by atoms with Crippen LogP contribution in [0, 0.1) is 0 Å². The van der Waals surface area contributed by atoms with Gasteiger partial charge in [0.2, 0.25) is 0 Å². The SMILES string of the molecule is CCOC(=O)C(=CC1Nc2ccc(CN3CCOCC3)cc2N(C)C1=O)C(=O)OCC. The van der Waals surface area contributed by atoms with Crippen LogP contribution < -0.4 is 10.2 Å². The Morgan fingerprint density at radius 2 is 1.81 bits per heavy atom. The molecule has 1 fully saturated rings. The van der Waals surface area contributed by atoms with Crippen LogP contribution in [-0.2, 0) is 35.1 Å². The van der Waals surface area contributed by atoms with E-state index in [1.54, 1.807) is 20.9 Å². The Hall–Kier alpha value is -2.91. The van der Waals surface area contributed by atoms with Crippen LogP contribution in [0.25, 0.3) is 0 Å². The summed E-state index contributed by atoms with van der Waals surface area (Å²) in [5.74, 6) is -1.92. The Bertz CT molecular complexity index is 843. The summed E-state index contributed by atoms with van der Waals surface area (Å²) in [5.41, 5.74) is 2.28. The molecule has 0 aliphatic carbocycles. The van der Waals surface area contributed by atoms with Crippen LogP contribution in [0.4, 0.5) is 11.4 Å². The highest BCUT2D eigenvalue weighted by molar-refractivity contribution is 6.15. The number of carbonyl (C=O) groups excluding carboxylic acids is 3. The molecule has 0 radical (unpaired) electrons. The molecule has 2 heterocycles. The van der Waals surface area contributed by atoms with Gasteiger partial charge < -0.3 is 24.4 Å². The van der Waals surface area contributed by atoms with Gasteiger partial charge in [-0.15, -0.1) is 0 Å². The first-order chi connectivity index (χ1) is 14.9. The number of benzene rings is 1. The highest BCUT2D eigenvalue weighted by Gasteiger charge is 2.32. The van der Waals surface area contributed by atoms with Gasteiger partial charge in [0.1, 0.15) is 11.6 Å². The third-order valence-electron chi connectivity index (χ3n) is 5.17. The number of anilines is 2. The molecule has 0 spiro atoms. The number of hydrogen-bond donors (Lipinski definition) is 1. The molecule has 0 bridgehead atoms. The van der Waals surface area contributed by atoms with Gasteiger partial charge in [0.05, 0.1) is 37.8 Å². The van der Waals surface area contributed by atoms with Gasteiger partial charge in [0.15, 0.2) is 0 Å². The third kappa shape index (κ3) is 5.42. The van der Waals surface area contributed by atoms with Crippen LogP contribution in [0.3, 0.4) is 0 Å². The number of rotatable bonds is 7. The number of hydrogen-bond acceptors (Lipinski definition) is 8. The number of ether oxygens (including phenoxy) is 3. The van der Waals surface area contributed by atoms with Gasteiger partial charge in [-0.25, -0.2) is 9.59 Å². The molecule has 31 heavy (non-hydrogen) atoms. The summed E-state index contributed by atoms with van der Waals surface area (Å²) in [6, 6.07) is 4.99. The minimum absolute atomic E-state index is 0.107. The average molecular weight is 431 g/mol. The van der Waals surface area contributed by atoms with E-state index in [9.17, 15) is 14.4 Å². The van der Waals surface area contributed by atoms with Gasteiger partial charge in [0.25, 0.3) is 5.91 Å². The standard InChI is InChI=1S/C22H29N3O6/c1-4-30-21(27)16(22(28)31-5-2)13-18-20(26)24(3)19-12-15(6-7-17(19)23-18)14-25-8-10-29-11-9-25/h6-7,12-13,18,23H,4-5,8-11,14H2,1-3H3. The van der Waals surface area contributed by atoms with Crippen molar-refractivity contribution in [3.63, 3.8) is 0 Å². The Kier molecular flexibility index (Phi) is 7.64. The van der Waals surface area contributed by atoms with E-state index in [1.807, 2.05) is 18.2 Å². The van der Waals surface area contributed by atoms with Crippen molar-refractivity contribution in [1.82, 2.24) is 4.90 Å². The molecule has 9 heteroatoms. The molecule has 0 aromatic heterocycles. The minimum Gasteiger partial charge on any atom is -0.462 e. The molecule has 2 aliphatic heterocycles. The van der Waals surface area contributed by atoms with Crippen LogP contribution in [0.5, 0.6) is 0 Å². The maximum atomic E-state index is 13.0. The zero-order valence-electron chi connectivity index (χ0n) is 18.2. The van der Waals surface area contributed by atoms with E-state index >= 15 is 0 Å². The molecule has 3 rings (SSSR count). The molecule has 1 N–H and O–H groups in total. The van der Waals surface area contributed by atoms with E-state index in [0.29, 0.717) is 0 Å². The molecule has 9 nitrogen and oxygen atoms in total. The van der Waals surface area contributed by atoms with E-state index in [-0.39, 0.29) is 24.7 Å². The van der Waals surface area contributed by atoms with E-state index in [0.717, 1.165) is 49.8 Å². The lowest BCUT2D eigenvalue weighted by Gasteiger charge is -2.33. The second kappa shape index (κ2) is 10.4. The van der Waals surface area contributed by atoms with Crippen molar-refractivity contribution in [3.8, 4) is 0 Å². The van der Waals surface area contributed by atoms with Gasteiger partial charge in [-0.1, -0.05) is 6.07 Å². The molecular weight excluding hydrogens is 402 g/mol. The molecule has 1 aromatic carbocycles. The van der Waals surface area contributed by atoms with Gasteiger partial charge in [-0.3, -0.25) is 9.69 Å². The molecule has 1 amide bonds. The van der Waals surface area contributed by atoms with Gasteiger partial charge in [0, 0.05) is 26.7 Å². The van der Waals surface area contributed by atoms with Crippen molar-refractivity contribution in [2.45, 2.75) is 26.4 Å². The van der Waals surface area contributed by atoms with Crippen LogP contribution in [0.1, 0.15) is 19.4 Å². The van der Waals surface area contributed by atoms with Crippen molar-refractivity contribution in [2.24, 2.45) is 0 Å². The maximum Gasteiger partial charge on any atom is 0.345 e. The largest absolute Gasteiger partial charge is 0.462 e. The smallest absolute Gasteiger partial charge is 0.345 e. The Morgan fingerprint density at radius 3 is 2.42 bits per heavy atom. The summed E-state index contributed by atoms with van der Waals surface area (Å²) in [5, 5.41) is 3.12. The van der Waals surface area contributed by atoms with Gasteiger partial charge >= 0.3 is 11.9 Å². The summed E-state index contributed by atoms with van der Waals surface area (Å²) in [6.45, 7) is 7.48. The second-order valence-corrected chi connectivity index (χ2v) is 7.28. The van der Waals surface area contributed by atoms with Crippen LogP contribution in [-0.4, -0.2) is 75.4 Å². The number of fused-ring (bicyclic) bond motifs is 1. The first-order valence-electron chi connectivity index (χ1n) is 10.5.